The van der Waals surface area contributed by atoms with Crippen molar-refractivity contribution in [3.8, 4) is 17.0 Å². The van der Waals surface area contributed by atoms with Gasteiger partial charge in [-0.25, -0.2) is 13.1 Å². The highest BCUT2D eigenvalue weighted by Crippen LogP contribution is 2.48. The number of rotatable bonds is 8. The largest absolute Gasteiger partial charge is 0.497 e. The first kappa shape index (κ1) is 35.6. The highest BCUT2D eigenvalue weighted by molar-refractivity contribution is 7.90. The van der Waals surface area contributed by atoms with Gasteiger partial charge in [-0.05, 0) is 105 Å². The van der Waals surface area contributed by atoms with Gasteiger partial charge < -0.3 is 14.2 Å². The van der Waals surface area contributed by atoms with Crippen molar-refractivity contribution in [1.82, 2.24) is 28.9 Å². The fourth-order valence-corrected chi connectivity index (χ4v) is 10.2. The first-order valence-corrected chi connectivity index (χ1v) is 20.8. The van der Waals surface area contributed by atoms with Gasteiger partial charge in [-0.3, -0.25) is 19.2 Å². The Bertz CT molecular complexity index is 2230. The number of hydrogen-bond donors (Lipinski definition) is 1. The van der Waals surface area contributed by atoms with E-state index in [1.165, 1.54) is 18.4 Å². The number of hydrogen-bond acceptors (Lipinski definition) is 7. The Morgan fingerprint density at radius 1 is 1.00 bits per heavy atom. The van der Waals surface area contributed by atoms with Gasteiger partial charge in [-0.15, -0.1) is 0 Å². The zero-order valence-electron chi connectivity index (χ0n) is 31.2. The third-order valence-electron chi connectivity index (χ3n) is 12.2. The van der Waals surface area contributed by atoms with E-state index in [4.69, 9.17) is 4.74 Å². The van der Waals surface area contributed by atoms with Gasteiger partial charge in [0.15, 0.2) is 0 Å². The number of aromatic nitrogens is 3. The van der Waals surface area contributed by atoms with Crippen molar-refractivity contribution in [2.24, 2.45) is 7.05 Å². The molecule has 1 saturated carbocycles. The summed E-state index contributed by atoms with van der Waals surface area (Å²) < 4.78 is 38.1. The minimum atomic E-state index is -3.84. The molecule has 2 amide bonds. The van der Waals surface area contributed by atoms with Crippen molar-refractivity contribution in [3.63, 3.8) is 0 Å². The number of sulfonamides is 1. The van der Waals surface area contributed by atoms with Crippen LogP contribution in [0.3, 0.4) is 0 Å². The summed E-state index contributed by atoms with van der Waals surface area (Å²) in [5.41, 5.74) is 7.79. The molecule has 53 heavy (non-hydrogen) atoms. The summed E-state index contributed by atoms with van der Waals surface area (Å²) >= 11 is 0. The number of aryl methyl sites for hydroxylation is 1. The summed E-state index contributed by atoms with van der Waals surface area (Å²) in [4.78, 5) is 32.5. The van der Waals surface area contributed by atoms with Crippen LogP contribution in [0.5, 0.6) is 5.75 Å². The Labute approximate surface area is 312 Å². The Kier molecular flexibility index (Phi) is 9.47. The first-order chi connectivity index (χ1) is 25.6. The standard InChI is InChI=1S/C41H50N6O5S/c1-5-26(2)53(50,51)43-40(48)28-13-15-34-36(22-28)47-24-30(38-35(23-42-44(38)3)41(49)46-19-18-45-17-9-12-31(45)25-46)20-29-21-32(52-4)14-16-33(29)39(47)37(34)27-10-7-6-8-11-27/h13-16,20-23,26-27,31H,5-12,17-19,24-25H2,1-4H3,(H,43,48). The van der Waals surface area contributed by atoms with Gasteiger partial charge in [0.25, 0.3) is 11.8 Å². The monoisotopic (exact) mass is 738 g/mol. The van der Waals surface area contributed by atoms with Gasteiger partial charge in [-0.2, -0.15) is 5.10 Å². The van der Waals surface area contributed by atoms with Crippen LogP contribution >= 0.6 is 0 Å². The molecule has 1 aliphatic carbocycles. The number of nitrogens with zero attached hydrogens (tertiary/aromatic N) is 5. The van der Waals surface area contributed by atoms with E-state index < -0.39 is 21.2 Å². The molecule has 0 bridgehead atoms. The molecule has 8 rings (SSSR count). The number of fused-ring (bicyclic) bond motifs is 6. The molecule has 5 heterocycles. The van der Waals surface area contributed by atoms with E-state index in [-0.39, 0.29) is 11.5 Å². The second-order valence-corrected chi connectivity index (χ2v) is 17.4. The number of piperazine rings is 1. The van der Waals surface area contributed by atoms with Crippen LogP contribution in [0.1, 0.15) is 109 Å². The van der Waals surface area contributed by atoms with E-state index in [2.05, 4.69) is 37.5 Å². The van der Waals surface area contributed by atoms with Crippen LogP contribution in [0.15, 0.2) is 42.6 Å². The number of allylic oxidation sites excluding steroid dienone is 1. The molecule has 0 radical (unpaired) electrons. The zero-order chi connectivity index (χ0) is 37.0. The average Bonchev–Trinajstić information content (AvgIpc) is 3.86. The molecule has 11 nitrogen and oxygen atoms in total. The number of carbonyl (C=O) groups is 2. The van der Waals surface area contributed by atoms with E-state index >= 15 is 0 Å². The highest BCUT2D eigenvalue weighted by atomic mass is 32.2. The van der Waals surface area contributed by atoms with Crippen LogP contribution in [0.2, 0.25) is 0 Å². The average molecular weight is 739 g/mol. The van der Waals surface area contributed by atoms with E-state index in [9.17, 15) is 18.0 Å². The summed E-state index contributed by atoms with van der Waals surface area (Å²) in [7, 11) is -0.278. The van der Waals surface area contributed by atoms with Crippen molar-refractivity contribution >= 4 is 44.4 Å². The van der Waals surface area contributed by atoms with Crippen LogP contribution in [0.4, 0.5) is 0 Å². The van der Waals surface area contributed by atoms with Crippen molar-refractivity contribution in [1.29, 1.82) is 0 Å². The maximum atomic E-state index is 14.4. The molecule has 2 saturated heterocycles. The molecular weight excluding hydrogens is 689 g/mol. The minimum Gasteiger partial charge on any atom is -0.497 e. The summed E-state index contributed by atoms with van der Waals surface area (Å²) in [6, 6.07) is 12.2. The zero-order valence-corrected chi connectivity index (χ0v) is 32.0. The van der Waals surface area contributed by atoms with E-state index in [1.54, 1.807) is 33.2 Å². The molecule has 2 unspecified atom stereocenters. The molecule has 1 N–H and O–H groups in total. The van der Waals surface area contributed by atoms with Crippen LogP contribution in [-0.4, -0.2) is 89.0 Å². The summed E-state index contributed by atoms with van der Waals surface area (Å²) in [5, 5.41) is 5.02. The molecule has 2 aromatic carbocycles. The predicted octanol–water partition coefficient (Wildman–Crippen LogP) is 6.43. The second kappa shape index (κ2) is 14.1. The van der Waals surface area contributed by atoms with Gasteiger partial charge in [0.2, 0.25) is 10.0 Å². The molecule has 2 atom stereocenters. The van der Waals surface area contributed by atoms with Crippen molar-refractivity contribution < 1.29 is 22.7 Å². The topological polar surface area (TPSA) is 119 Å². The quantitative estimate of drug-likeness (QED) is 0.221. The van der Waals surface area contributed by atoms with Crippen LogP contribution < -0.4 is 9.46 Å². The predicted molar refractivity (Wildman–Crippen MR) is 207 cm³/mol. The van der Waals surface area contributed by atoms with Crippen molar-refractivity contribution in [3.05, 3.63) is 70.5 Å². The molecule has 3 fully saturated rings. The number of ether oxygens (including phenoxy) is 1. The van der Waals surface area contributed by atoms with Crippen LogP contribution in [0, 0.1) is 0 Å². The molecular formula is C41H50N6O5S. The molecule has 4 aliphatic rings. The Balaban J connectivity index is 1.29. The van der Waals surface area contributed by atoms with E-state index in [0.29, 0.717) is 37.0 Å². The number of methoxy groups -OCH3 is 1. The molecule has 0 spiro atoms. The van der Waals surface area contributed by atoms with Crippen LogP contribution in [-0.2, 0) is 23.6 Å². The van der Waals surface area contributed by atoms with Gasteiger partial charge in [0.05, 0.1) is 42.1 Å². The number of amides is 2. The fourth-order valence-electron chi connectivity index (χ4n) is 9.16. The third kappa shape index (κ3) is 6.37. The second-order valence-electron chi connectivity index (χ2n) is 15.3. The molecule has 12 heteroatoms. The minimum absolute atomic E-state index is 0.00220. The molecule has 280 valence electrons. The lowest BCUT2D eigenvalue weighted by Gasteiger charge is -2.37. The Morgan fingerprint density at radius 2 is 1.81 bits per heavy atom. The lowest BCUT2D eigenvalue weighted by Crippen LogP contribution is -2.52. The van der Waals surface area contributed by atoms with Gasteiger partial charge in [0, 0.05) is 54.8 Å². The van der Waals surface area contributed by atoms with Crippen molar-refractivity contribution in [2.45, 2.75) is 89.0 Å². The summed E-state index contributed by atoms with van der Waals surface area (Å²) in [6.07, 6.45) is 12.2. The number of carbonyl (C=O) groups excluding carboxylic acids is 2. The van der Waals surface area contributed by atoms with Crippen LogP contribution in [0.25, 0.3) is 33.8 Å². The highest BCUT2D eigenvalue weighted by Gasteiger charge is 2.36. The first-order valence-electron chi connectivity index (χ1n) is 19.2. The van der Waals surface area contributed by atoms with E-state index in [0.717, 1.165) is 96.5 Å². The normalized spacial score (nSPS) is 20.0. The Hall–Kier alpha value is -4.42. The maximum Gasteiger partial charge on any atom is 0.264 e. The van der Waals surface area contributed by atoms with E-state index in [1.807, 2.05) is 34.8 Å². The summed E-state index contributed by atoms with van der Waals surface area (Å²) in [6.45, 7) is 7.22. The van der Waals surface area contributed by atoms with Gasteiger partial charge in [0.1, 0.15) is 5.75 Å². The SMILES string of the molecule is CCC(C)S(=O)(=O)NC(=O)c1ccc2c(C3CCCCC3)c3n(c2c1)CC(c1c(C(=O)N2CCN4CCCC4C2)cnn1C)=Cc1cc(OC)ccc1-3. The smallest absolute Gasteiger partial charge is 0.264 e. The molecule has 3 aliphatic heterocycles. The maximum absolute atomic E-state index is 14.4. The lowest BCUT2D eigenvalue weighted by atomic mass is 9.81. The van der Waals surface area contributed by atoms with Crippen molar-refractivity contribution in [2.75, 3.05) is 33.3 Å². The van der Waals surface area contributed by atoms with Gasteiger partial charge in [-0.1, -0.05) is 32.3 Å². The molecule has 2 aromatic heterocycles. The summed E-state index contributed by atoms with van der Waals surface area (Å²) in [5.74, 6) is 0.420. The third-order valence-corrected chi connectivity index (χ3v) is 14.1. The molecule has 4 aromatic rings. The van der Waals surface area contributed by atoms with Gasteiger partial charge >= 0.3 is 0 Å². The lowest BCUT2D eigenvalue weighted by molar-refractivity contribution is 0.0571. The number of benzene rings is 2. The number of nitrogens with one attached hydrogen (secondary N) is 1. The fraction of sp³-hybridized carbons (Fsp3) is 0.488. The Morgan fingerprint density at radius 3 is 2.58 bits per heavy atom.